The predicted octanol–water partition coefficient (Wildman–Crippen LogP) is 1.91. The third-order valence-electron chi connectivity index (χ3n) is 2.73. The zero-order valence-electron chi connectivity index (χ0n) is 8.69. The van der Waals surface area contributed by atoms with Gasteiger partial charge in [-0.25, -0.2) is 13.4 Å². The van der Waals surface area contributed by atoms with Crippen LogP contribution in [0.4, 0.5) is 10.1 Å². The van der Waals surface area contributed by atoms with Gasteiger partial charge >= 0.3 is 0 Å². The van der Waals surface area contributed by atoms with Crippen LogP contribution in [0.2, 0.25) is 0 Å². The molecule has 1 aromatic heterocycles. The number of nitrogens with one attached hydrogen (secondary N) is 1. The summed E-state index contributed by atoms with van der Waals surface area (Å²) in [6.45, 7) is 0. The lowest BCUT2D eigenvalue weighted by molar-refractivity contribution is 0.581. The predicted molar refractivity (Wildman–Crippen MR) is 59.0 cm³/mol. The highest BCUT2D eigenvalue weighted by molar-refractivity contribution is 7.93. The van der Waals surface area contributed by atoms with Crippen LogP contribution in [0.1, 0.15) is 25.7 Å². The lowest BCUT2D eigenvalue weighted by Gasteiger charge is -2.12. The molecule has 0 spiro atoms. The van der Waals surface area contributed by atoms with Crippen molar-refractivity contribution in [3.05, 3.63) is 24.3 Å². The Balaban J connectivity index is 2.11. The number of halogens is 1. The fourth-order valence-corrected chi connectivity index (χ4v) is 3.45. The molecular weight excluding hydrogens is 231 g/mol. The van der Waals surface area contributed by atoms with Crippen LogP contribution < -0.4 is 4.72 Å². The first kappa shape index (κ1) is 11.3. The Morgan fingerprint density at radius 3 is 2.56 bits per heavy atom. The molecule has 6 heteroatoms. The normalized spacial score (nSPS) is 17.6. The van der Waals surface area contributed by atoms with Gasteiger partial charge in [0.25, 0.3) is 0 Å². The van der Waals surface area contributed by atoms with Crippen LogP contribution >= 0.6 is 0 Å². The molecule has 0 unspecified atom stereocenters. The van der Waals surface area contributed by atoms with Crippen molar-refractivity contribution in [3.8, 4) is 0 Å². The average Bonchev–Trinajstić information content (AvgIpc) is 2.75. The zero-order valence-corrected chi connectivity index (χ0v) is 9.50. The molecule has 0 aliphatic heterocycles. The van der Waals surface area contributed by atoms with E-state index in [1.807, 2.05) is 0 Å². The fourth-order valence-electron chi connectivity index (χ4n) is 1.88. The van der Waals surface area contributed by atoms with E-state index in [0.717, 1.165) is 18.9 Å². The molecule has 1 heterocycles. The summed E-state index contributed by atoms with van der Waals surface area (Å²) in [6.07, 6.45) is 4.48. The zero-order chi connectivity index (χ0) is 11.6. The molecule has 1 aliphatic carbocycles. The topological polar surface area (TPSA) is 59.1 Å². The van der Waals surface area contributed by atoms with Gasteiger partial charge in [0.15, 0.2) is 0 Å². The Kier molecular flexibility index (Phi) is 3.09. The van der Waals surface area contributed by atoms with Crippen molar-refractivity contribution in [2.75, 3.05) is 4.72 Å². The van der Waals surface area contributed by atoms with Gasteiger partial charge < -0.3 is 0 Å². The highest BCUT2D eigenvalue weighted by atomic mass is 32.2. The van der Waals surface area contributed by atoms with Crippen molar-refractivity contribution in [2.45, 2.75) is 30.9 Å². The van der Waals surface area contributed by atoms with Crippen LogP contribution in [0.25, 0.3) is 0 Å². The van der Waals surface area contributed by atoms with Crippen LogP contribution in [0.3, 0.4) is 0 Å². The number of nitrogens with zero attached hydrogens (tertiary/aromatic N) is 1. The molecule has 1 N–H and O–H groups in total. The van der Waals surface area contributed by atoms with Crippen LogP contribution in [0.5, 0.6) is 0 Å². The second-order valence-electron chi connectivity index (χ2n) is 3.92. The van der Waals surface area contributed by atoms with Crippen molar-refractivity contribution >= 4 is 15.7 Å². The third-order valence-corrected chi connectivity index (χ3v) is 4.60. The first-order valence-electron chi connectivity index (χ1n) is 5.21. The maximum atomic E-state index is 12.5. The largest absolute Gasteiger partial charge is 0.282 e. The molecule has 2 rings (SSSR count). The molecule has 0 bridgehead atoms. The summed E-state index contributed by atoms with van der Waals surface area (Å²) in [4.78, 5) is 3.40. The van der Waals surface area contributed by atoms with Crippen LogP contribution in [0, 0.1) is 5.95 Å². The Labute approximate surface area is 93.9 Å². The molecular formula is C10H13FN2O2S. The summed E-state index contributed by atoms with van der Waals surface area (Å²) in [5.74, 6) is -0.621. The van der Waals surface area contributed by atoms with Crippen LogP contribution in [-0.4, -0.2) is 18.7 Å². The van der Waals surface area contributed by atoms with Gasteiger partial charge in [-0.2, -0.15) is 4.39 Å². The first-order valence-corrected chi connectivity index (χ1v) is 6.76. The van der Waals surface area contributed by atoms with Crippen molar-refractivity contribution < 1.29 is 12.8 Å². The molecule has 0 atom stereocenters. The molecule has 1 saturated carbocycles. The standard InChI is InChI=1S/C10H13FN2O2S/c11-10-6-5-8(7-12-10)13-16(14,15)9-3-1-2-4-9/h5-7,9,13H,1-4H2. The summed E-state index contributed by atoms with van der Waals surface area (Å²) < 4.78 is 38.7. The van der Waals surface area contributed by atoms with E-state index in [9.17, 15) is 12.8 Å². The van der Waals surface area contributed by atoms with Gasteiger partial charge in [-0.1, -0.05) is 12.8 Å². The maximum absolute atomic E-state index is 12.5. The number of aromatic nitrogens is 1. The average molecular weight is 244 g/mol. The Morgan fingerprint density at radius 1 is 1.31 bits per heavy atom. The van der Waals surface area contributed by atoms with E-state index in [4.69, 9.17) is 0 Å². The lowest BCUT2D eigenvalue weighted by Crippen LogP contribution is -2.25. The molecule has 4 nitrogen and oxygen atoms in total. The summed E-state index contributed by atoms with van der Waals surface area (Å²) >= 11 is 0. The number of hydrogen-bond acceptors (Lipinski definition) is 3. The molecule has 1 aliphatic rings. The third kappa shape index (κ3) is 2.49. The van der Waals surface area contributed by atoms with Gasteiger partial charge in [-0.15, -0.1) is 0 Å². The highest BCUT2D eigenvalue weighted by Crippen LogP contribution is 2.25. The minimum absolute atomic E-state index is 0.313. The number of sulfonamides is 1. The van der Waals surface area contributed by atoms with E-state index in [0.29, 0.717) is 18.5 Å². The van der Waals surface area contributed by atoms with Crippen molar-refractivity contribution in [1.82, 2.24) is 4.98 Å². The Morgan fingerprint density at radius 2 is 2.00 bits per heavy atom. The lowest BCUT2D eigenvalue weighted by atomic mass is 10.4. The summed E-state index contributed by atoms with van der Waals surface area (Å²) in [6, 6.07) is 2.50. The van der Waals surface area contributed by atoms with E-state index in [-0.39, 0.29) is 5.25 Å². The van der Waals surface area contributed by atoms with Gasteiger partial charge in [0, 0.05) is 0 Å². The van der Waals surface area contributed by atoms with Gasteiger partial charge in [-0.05, 0) is 25.0 Å². The number of anilines is 1. The molecule has 88 valence electrons. The van der Waals surface area contributed by atoms with E-state index >= 15 is 0 Å². The maximum Gasteiger partial charge on any atom is 0.235 e. The number of hydrogen-bond donors (Lipinski definition) is 1. The quantitative estimate of drug-likeness (QED) is 0.826. The molecule has 1 aromatic rings. The Hall–Kier alpha value is -1.17. The van der Waals surface area contributed by atoms with E-state index in [1.54, 1.807) is 0 Å². The fraction of sp³-hybridized carbons (Fsp3) is 0.500. The van der Waals surface area contributed by atoms with E-state index < -0.39 is 16.0 Å². The second kappa shape index (κ2) is 4.37. The van der Waals surface area contributed by atoms with Gasteiger partial charge in [0.05, 0.1) is 17.1 Å². The number of rotatable bonds is 3. The summed E-state index contributed by atoms with van der Waals surface area (Å²) in [5.41, 5.74) is 0.313. The van der Waals surface area contributed by atoms with Gasteiger partial charge in [0.1, 0.15) is 0 Å². The highest BCUT2D eigenvalue weighted by Gasteiger charge is 2.28. The van der Waals surface area contributed by atoms with Crippen molar-refractivity contribution in [2.24, 2.45) is 0 Å². The second-order valence-corrected chi connectivity index (χ2v) is 5.88. The van der Waals surface area contributed by atoms with Gasteiger partial charge in [-0.3, -0.25) is 4.72 Å². The van der Waals surface area contributed by atoms with E-state index in [1.165, 1.54) is 12.3 Å². The van der Waals surface area contributed by atoms with Crippen LogP contribution in [-0.2, 0) is 10.0 Å². The van der Waals surface area contributed by atoms with Gasteiger partial charge in [0.2, 0.25) is 16.0 Å². The molecule has 0 amide bonds. The number of pyridine rings is 1. The summed E-state index contributed by atoms with van der Waals surface area (Å²) in [7, 11) is -3.34. The SMILES string of the molecule is O=S(=O)(Nc1ccc(F)nc1)C1CCCC1. The smallest absolute Gasteiger partial charge is 0.235 e. The van der Waals surface area contributed by atoms with Crippen LogP contribution in [0.15, 0.2) is 18.3 Å². The minimum atomic E-state index is -3.34. The first-order chi connectivity index (χ1) is 7.58. The minimum Gasteiger partial charge on any atom is -0.282 e. The summed E-state index contributed by atoms with van der Waals surface area (Å²) in [5, 5.41) is -0.322. The van der Waals surface area contributed by atoms with Crippen molar-refractivity contribution in [3.63, 3.8) is 0 Å². The molecule has 0 saturated heterocycles. The van der Waals surface area contributed by atoms with E-state index in [2.05, 4.69) is 9.71 Å². The Bertz CT molecular complexity index is 452. The van der Waals surface area contributed by atoms with Crippen molar-refractivity contribution in [1.29, 1.82) is 0 Å². The molecule has 0 aromatic carbocycles. The molecule has 16 heavy (non-hydrogen) atoms. The molecule has 1 fully saturated rings. The monoisotopic (exact) mass is 244 g/mol. The molecule has 0 radical (unpaired) electrons.